The van der Waals surface area contributed by atoms with Gasteiger partial charge in [-0.3, -0.25) is 0 Å². The molecule has 1 N–H and O–H groups in total. The quantitative estimate of drug-likeness (QED) is 0.828. The summed E-state index contributed by atoms with van der Waals surface area (Å²) in [6.45, 7) is 1.41. The first-order valence-electron chi connectivity index (χ1n) is 4.28. The van der Waals surface area contributed by atoms with Crippen LogP contribution in [0.5, 0.6) is 0 Å². The summed E-state index contributed by atoms with van der Waals surface area (Å²) in [7, 11) is 0. The normalized spacial score (nSPS) is 12.1. The topological polar surface area (TPSA) is 33.4 Å². The first kappa shape index (κ1) is 11.1. The van der Waals surface area contributed by atoms with Crippen molar-refractivity contribution in [2.75, 3.05) is 0 Å². The molecule has 0 aliphatic carbocycles. The highest BCUT2D eigenvalue weighted by molar-refractivity contribution is 5.22. The number of aliphatic hydroxyl groups is 1. The van der Waals surface area contributed by atoms with E-state index >= 15 is 0 Å². The Morgan fingerprint density at radius 2 is 2.07 bits per heavy atom. The molecule has 0 aromatic carbocycles. The summed E-state index contributed by atoms with van der Waals surface area (Å²) in [5.74, 6) is -0.813. The van der Waals surface area contributed by atoms with Gasteiger partial charge in [-0.25, -0.2) is 0 Å². The maximum atomic E-state index is 12.2. The summed E-state index contributed by atoms with van der Waals surface area (Å²) in [6, 6.07) is 0.852. The average molecular weight is 208 g/mol. The van der Waals surface area contributed by atoms with Crippen molar-refractivity contribution >= 4 is 0 Å². The molecule has 0 amide bonds. The number of hydrogen-bond donors (Lipinski definition) is 1. The Hall–Kier alpha value is -0.970. The number of furan rings is 1. The fourth-order valence-corrected chi connectivity index (χ4v) is 1.18. The lowest BCUT2D eigenvalue weighted by Crippen LogP contribution is -2.02. The minimum Gasteiger partial charge on any atom is -0.456 e. The lowest BCUT2D eigenvalue weighted by molar-refractivity contribution is -0.153. The molecule has 0 saturated carbocycles. The molecule has 80 valence electrons. The van der Waals surface area contributed by atoms with Gasteiger partial charge in [0.1, 0.15) is 5.76 Å². The Morgan fingerprint density at radius 1 is 1.43 bits per heavy atom. The molecule has 1 aromatic rings. The zero-order valence-corrected chi connectivity index (χ0v) is 7.69. The SMILES string of the molecule is CCCc1oc(C(F)(F)F)cc1CO. The standard InChI is InChI=1S/C9H11F3O2/c1-2-3-7-6(5-13)4-8(14-7)9(10,11)12/h4,13H,2-3,5H2,1H3. The Labute approximate surface area is 79.3 Å². The van der Waals surface area contributed by atoms with E-state index in [4.69, 9.17) is 5.11 Å². The molecule has 0 unspecified atom stereocenters. The second-order valence-electron chi connectivity index (χ2n) is 2.96. The second kappa shape index (κ2) is 4.04. The van der Waals surface area contributed by atoms with Crippen molar-refractivity contribution in [3.8, 4) is 0 Å². The van der Waals surface area contributed by atoms with E-state index in [1.54, 1.807) is 0 Å². The van der Waals surface area contributed by atoms with Crippen molar-refractivity contribution in [2.45, 2.75) is 32.5 Å². The summed E-state index contributed by atoms with van der Waals surface area (Å²) in [5.41, 5.74) is 0.221. The molecule has 2 nitrogen and oxygen atoms in total. The van der Waals surface area contributed by atoms with E-state index in [0.29, 0.717) is 12.8 Å². The van der Waals surface area contributed by atoms with Crippen LogP contribution in [0.3, 0.4) is 0 Å². The van der Waals surface area contributed by atoms with Gasteiger partial charge in [0.25, 0.3) is 0 Å². The van der Waals surface area contributed by atoms with Gasteiger partial charge in [0, 0.05) is 12.0 Å². The van der Waals surface area contributed by atoms with Crippen molar-refractivity contribution in [2.24, 2.45) is 0 Å². The molecule has 1 rings (SSSR count). The third kappa shape index (κ3) is 2.29. The van der Waals surface area contributed by atoms with Crippen molar-refractivity contribution in [3.63, 3.8) is 0 Å². The fraction of sp³-hybridized carbons (Fsp3) is 0.556. The van der Waals surface area contributed by atoms with E-state index in [1.807, 2.05) is 6.92 Å². The molecular weight excluding hydrogens is 197 g/mol. The third-order valence-corrected chi connectivity index (χ3v) is 1.82. The van der Waals surface area contributed by atoms with Gasteiger partial charge in [0.05, 0.1) is 6.61 Å². The van der Waals surface area contributed by atoms with E-state index in [0.717, 1.165) is 6.07 Å². The highest BCUT2D eigenvalue weighted by Crippen LogP contribution is 2.32. The first-order chi connectivity index (χ1) is 6.49. The predicted molar refractivity (Wildman–Crippen MR) is 43.6 cm³/mol. The number of hydrogen-bond acceptors (Lipinski definition) is 2. The Bertz CT molecular complexity index is 301. The second-order valence-corrected chi connectivity index (χ2v) is 2.96. The van der Waals surface area contributed by atoms with Gasteiger partial charge in [-0.1, -0.05) is 6.92 Å². The summed E-state index contributed by atoms with van der Waals surface area (Å²) in [4.78, 5) is 0. The lowest BCUT2D eigenvalue weighted by Gasteiger charge is -2.00. The van der Waals surface area contributed by atoms with Gasteiger partial charge in [-0.05, 0) is 12.5 Å². The molecule has 0 bridgehead atoms. The summed E-state index contributed by atoms with van der Waals surface area (Å²) in [6.07, 6.45) is -3.39. The van der Waals surface area contributed by atoms with Crippen molar-refractivity contribution in [1.29, 1.82) is 0 Å². The number of aliphatic hydroxyl groups excluding tert-OH is 1. The van der Waals surface area contributed by atoms with Crippen molar-refractivity contribution < 1.29 is 22.7 Å². The average Bonchev–Trinajstić information content (AvgIpc) is 2.47. The molecule has 0 fully saturated rings. The number of rotatable bonds is 3. The number of halogens is 3. The molecule has 14 heavy (non-hydrogen) atoms. The monoisotopic (exact) mass is 208 g/mol. The summed E-state index contributed by atoms with van der Waals surface area (Å²) < 4.78 is 41.2. The molecule has 0 aliphatic heterocycles. The van der Waals surface area contributed by atoms with Crippen LogP contribution in [0.25, 0.3) is 0 Å². The minimum atomic E-state index is -4.48. The first-order valence-corrected chi connectivity index (χ1v) is 4.28. The van der Waals surface area contributed by atoms with Gasteiger partial charge in [0.2, 0.25) is 5.76 Å². The Kier molecular flexibility index (Phi) is 3.21. The fourth-order valence-electron chi connectivity index (χ4n) is 1.18. The van der Waals surface area contributed by atoms with Crippen LogP contribution in [-0.4, -0.2) is 5.11 Å². The van der Waals surface area contributed by atoms with Crippen LogP contribution >= 0.6 is 0 Å². The molecule has 0 aliphatic rings. The molecule has 1 heterocycles. The smallest absolute Gasteiger partial charge is 0.449 e. The molecule has 0 atom stereocenters. The number of aryl methyl sites for hydroxylation is 1. The maximum Gasteiger partial charge on any atom is 0.449 e. The van der Waals surface area contributed by atoms with E-state index in [2.05, 4.69) is 4.42 Å². The molecule has 5 heteroatoms. The lowest BCUT2D eigenvalue weighted by atomic mass is 10.2. The van der Waals surface area contributed by atoms with E-state index in [1.165, 1.54) is 0 Å². The van der Waals surface area contributed by atoms with Crippen LogP contribution in [0.2, 0.25) is 0 Å². The Balaban J connectivity index is 3.00. The van der Waals surface area contributed by atoms with Crippen LogP contribution in [-0.2, 0) is 19.2 Å². The van der Waals surface area contributed by atoms with Crippen LogP contribution in [0, 0.1) is 0 Å². The van der Waals surface area contributed by atoms with Gasteiger partial charge in [-0.15, -0.1) is 0 Å². The largest absolute Gasteiger partial charge is 0.456 e. The van der Waals surface area contributed by atoms with Crippen molar-refractivity contribution in [1.82, 2.24) is 0 Å². The van der Waals surface area contributed by atoms with Crippen molar-refractivity contribution in [3.05, 3.63) is 23.2 Å². The third-order valence-electron chi connectivity index (χ3n) is 1.82. The van der Waals surface area contributed by atoms with Gasteiger partial charge < -0.3 is 9.52 Å². The van der Waals surface area contributed by atoms with Gasteiger partial charge in [-0.2, -0.15) is 13.2 Å². The highest BCUT2D eigenvalue weighted by atomic mass is 19.4. The van der Waals surface area contributed by atoms with Gasteiger partial charge >= 0.3 is 6.18 Å². The van der Waals surface area contributed by atoms with Crippen LogP contribution in [0.15, 0.2) is 10.5 Å². The summed E-state index contributed by atoms with van der Waals surface area (Å²) in [5, 5.41) is 8.80. The van der Waals surface area contributed by atoms with Crippen LogP contribution in [0.4, 0.5) is 13.2 Å². The number of alkyl halides is 3. The minimum absolute atomic E-state index is 0.221. The van der Waals surface area contributed by atoms with Gasteiger partial charge in [0.15, 0.2) is 0 Å². The molecule has 1 aromatic heterocycles. The summed E-state index contributed by atoms with van der Waals surface area (Å²) >= 11 is 0. The molecule has 0 saturated heterocycles. The molecule has 0 radical (unpaired) electrons. The van der Waals surface area contributed by atoms with E-state index < -0.39 is 18.5 Å². The maximum absolute atomic E-state index is 12.2. The molecular formula is C9H11F3O2. The van der Waals surface area contributed by atoms with E-state index in [9.17, 15) is 13.2 Å². The van der Waals surface area contributed by atoms with Crippen LogP contribution < -0.4 is 0 Å². The van der Waals surface area contributed by atoms with E-state index in [-0.39, 0.29) is 11.3 Å². The Morgan fingerprint density at radius 3 is 2.50 bits per heavy atom. The predicted octanol–water partition coefficient (Wildman–Crippen LogP) is 2.74. The molecule has 0 spiro atoms. The van der Waals surface area contributed by atoms with Crippen LogP contribution in [0.1, 0.15) is 30.4 Å². The highest BCUT2D eigenvalue weighted by Gasteiger charge is 2.35. The zero-order valence-electron chi connectivity index (χ0n) is 7.69. The zero-order chi connectivity index (χ0) is 10.8.